The highest BCUT2D eigenvalue weighted by Gasteiger charge is 2.16. The van der Waals surface area contributed by atoms with Crippen LogP contribution in [0.15, 0.2) is 43.0 Å². The number of benzene rings is 1. The van der Waals surface area contributed by atoms with Crippen LogP contribution >= 0.6 is 24.8 Å². The molecule has 23 heavy (non-hydrogen) atoms. The third-order valence-electron chi connectivity index (χ3n) is 3.77. The number of piperidine rings is 1. The van der Waals surface area contributed by atoms with E-state index < -0.39 is 0 Å². The van der Waals surface area contributed by atoms with Gasteiger partial charge in [0.2, 0.25) is 0 Å². The van der Waals surface area contributed by atoms with Gasteiger partial charge in [0, 0.05) is 37.1 Å². The zero-order valence-electron chi connectivity index (χ0n) is 12.8. The van der Waals surface area contributed by atoms with Gasteiger partial charge < -0.3 is 15.2 Å². The van der Waals surface area contributed by atoms with E-state index in [0.29, 0.717) is 0 Å². The molecule has 0 aliphatic carbocycles. The Bertz CT molecular complexity index is 581. The van der Waals surface area contributed by atoms with Crippen molar-refractivity contribution in [3.8, 4) is 0 Å². The van der Waals surface area contributed by atoms with Crippen molar-refractivity contribution in [2.45, 2.75) is 25.4 Å². The summed E-state index contributed by atoms with van der Waals surface area (Å²) >= 11 is 0. The van der Waals surface area contributed by atoms with Crippen LogP contribution in [0.3, 0.4) is 0 Å². The van der Waals surface area contributed by atoms with Crippen molar-refractivity contribution in [3.63, 3.8) is 0 Å². The normalized spacial score (nSPS) is 16.8. The Balaban J connectivity index is 0.00000132. The van der Waals surface area contributed by atoms with Gasteiger partial charge in [-0.1, -0.05) is 12.1 Å². The lowest BCUT2D eigenvalue weighted by Crippen LogP contribution is -2.45. The number of aromatic nitrogens is 2. The molecule has 2 aromatic rings. The van der Waals surface area contributed by atoms with Crippen LogP contribution in [0.4, 0.5) is 0 Å². The van der Waals surface area contributed by atoms with Gasteiger partial charge in [0.15, 0.2) is 0 Å². The summed E-state index contributed by atoms with van der Waals surface area (Å²) in [5, 5.41) is 6.39. The second-order valence-electron chi connectivity index (χ2n) is 5.45. The topological polar surface area (TPSA) is 59.0 Å². The van der Waals surface area contributed by atoms with Crippen LogP contribution in [-0.2, 0) is 6.54 Å². The second-order valence-corrected chi connectivity index (χ2v) is 5.45. The maximum atomic E-state index is 12.2. The third kappa shape index (κ3) is 5.53. The molecule has 0 bridgehead atoms. The van der Waals surface area contributed by atoms with E-state index in [1.807, 2.05) is 35.0 Å². The molecule has 1 aliphatic heterocycles. The van der Waals surface area contributed by atoms with Gasteiger partial charge in [-0.2, -0.15) is 0 Å². The van der Waals surface area contributed by atoms with E-state index in [0.717, 1.165) is 43.6 Å². The number of hydrogen-bond donors (Lipinski definition) is 2. The Morgan fingerprint density at radius 1 is 1.30 bits per heavy atom. The molecule has 1 unspecified atom stereocenters. The molecule has 1 aromatic heterocycles. The summed E-state index contributed by atoms with van der Waals surface area (Å²) in [4.78, 5) is 16.2. The molecule has 2 N–H and O–H groups in total. The summed E-state index contributed by atoms with van der Waals surface area (Å²) in [5.41, 5.74) is 1.87. The van der Waals surface area contributed by atoms with E-state index in [1.54, 1.807) is 12.5 Å². The number of carbonyl (C=O) groups is 1. The molecular formula is C16H22Cl2N4O. The smallest absolute Gasteiger partial charge is 0.251 e. The zero-order chi connectivity index (χ0) is 14.5. The first-order valence-electron chi connectivity index (χ1n) is 7.37. The van der Waals surface area contributed by atoms with Crippen molar-refractivity contribution < 1.29 is 4.79 Å². The van der Waals surface area contributed by atoms with Gasteiger partial charge in [-0.05, 0) is 37.1 Å². The van der Waals surface area contributed by atoms with Crippen LogP contribution in [0, 0.1) is 0 Å². The van der Waals surface area contributed by atoms with Crippen LogP contribution in [0.1, 0.15) is 28.8 Å². The fourth-order valence-electron chi connectivity index (χ4n) is 2.60. The summed E-state index contributed by atoms with van der Waals surface area (Å²) in [6.07, 6.45) is 7.65. The van der Waals surface area contributed by atoms with Gasteiger partial charge >= 0.3 is 0 Å². The van der Waals surface area contributed by atoms with Crippen molar-refractivity contribution in [1.82, 2.24) is 20.2 Å². The minimum absolute atomic E-state index is 0. The number of hydrogen-bond acceptors (Lipinski definition) is 3. The summed E-state index contributed by atoms with van der Waals surface area (Å²) in [6.45, 7) is 2.69. The van der Waals surface area contributed by atoms with Crippen LogP contribution in [0.2, 0.25) is 0 Å². The van der Waals surface area contributed by atoms with E-state index in [9.17, 15) is 4.79 Å². The predicted octanol–water partition coefficient (Wildman–Crippen LogP) is 2.26. The molecule has 0 spiro atoms. The third-order valence-corrected chi connectivity index (χ3v) is 3.77. The minimum atomic E-state index is 0. The molecule has 3 rings (SSSR count). The Hall–Kier alpha value is -1.56. The molecular weight excluding hydrogens is 335 g/mol. The maximum absolute atomic E-state index is 12.2. The number of carbonyl (C=O) groups excluding carboxylic acids is 1. The molecule has 1 saturated heterocycles. The van der Waals surface area contributed by atoms with Crippen LogP contribution in [0.25, 0.3) is 0 Å². The van der Waals surface area contributed by atoms with Gasteiger partial charge in [0.1, 0.15) is 0 Å². The highest BCUT2D eigenvalue weighted by Crippen LogP contribution is 2.08. The molecule has 1 fully saturated rings. The number of halogens is 2. The number of rotatable bonds is 4. The van der Waals surface area contributed by atoms with Crippen molar-refractivity contribution in [2.24, 2.45) is 0 Å². The molecule has 7 heteroatoms. The lowest BCUT2D eigenvalue weighted by molar-refractivity contribution is 0.0930. The van der Waals surface area contributed by atoms with Crippen molar-refractivity contribution >= 4 is 30.7 Å². The van der Waals surface area contributed by atoms with Gasteiger partial charge in [-0.25, -0.2) is 4.98 Å². The van der Waals surface area contributed by atoms with Gasteiger partial charge in [0.25, 0.3) is 5.91 Å². The monoisotopic (exact) mass is 356 g/mol. The minimum Gasteiger partial charge on any atom is -0.348 e. The van der Waals surface area contributed by atoms with E-state index in [2.05, 4.69) is 15.6 Å². The summed E-state index contributed by atoms with van der Waals surface area (Å²) in [7, 11) is 0. The first-order chi connectivity index (χ1) is 10.3. The summed E-state index contributed by atoms with van der Waals surface area (Å²) in [6, 6.07) is 8.01. The molecule has 1 aliphatic rings. The van der Waals surface area contributed by atoms with E-state index in [1.165, 1.54) is 0 Å². The predicted molar refractivity (Wildman–Crippen MR) is 95.6 cm³/mol. The molecule has 2 heterocycles. The quantitative estimate of drug-likeness (QED) is 0.883. The molecule has 126 valence electrons. The number of amides is 1. The molecule has 5 nitrogen and oxygen atoms in total. The molecule has 0 saturated carbocycles. The average Bonchev–Trinajstić information content (AvgIpc) is 3.02. The average molecular weight is 357 g/mol. The standard InChI is InChI=1S/C16H20N4O.2ClH/c21-16(19-15-2-1-7-17-10-15)14-5-3-13(4-6-14)11-20-9-8-18-12-20;;/h3-6,8-9,12,15,17H,1-2,7,10-11H2,(H,19,21);2*1H. The zero-order valence-corrected chi connectivity index (χ0v) is 14.4. The maximum Gasteiger partial charge on any atom is 0.251 e. The highest BCUT2D eigenvalue weighted by molar-refractivity contribution is 5.94. The van der Waals surface area contributed by atoms with Crippen LogP contribution in [-0.4, -0.2) is 34.6 Å². The number of nitrogens with zero attached hydrogens (tertiary/aromatic N) is 2. The molecule has 1 aromatic carbocycles. The molecule has 1 atom stereocenters. The largest absolute Gasteiger partial charge is 0.348 e. The number of nitrogens with one attached hydrogen (secondary N) is 2. The van der Waals surface area contributed by atoms with Crippen LogP contribution < -0.4 is 10.6 Å². The fourth-order valence-corrected chi connectivity index (χ4v) is 2.60. The Kier molecular flexibility index (Phi) is 8.09. The first-order valence-corrected chi connectivity index (χ1v) is 7.37. The fraction of sp³-hybridized carbons (Fsp3) is 0.375. The van der Waals surface area contributed by atoms with E-state index in [-0.39, 0.29) is 36.8 Å². The van der Waals surface area contributed by atoms with E-state index in [4.69, 9.17) is 0 Å². The second kappa shape index (κ2) is 9.55. The summed E-state index contributed by atoms with van der Waals surface area (Å²) < 4.78 is 2.00. The highest BCUT2D eigenvalue weighted by atomic mass is 35.5. The molecule has 0 radical (unpaired) electrons. The SMILES string of the molecule is Cl.Cl.O=C(NC1CCCNC1)c1ccc(Cn2ccnc2)cc1. The van der Waals surface area contributed by atoms with Gasteiger partial charge in [-0.3, -0.25) is 4.79 Å². The lowest BCUT2D eigenvalue weighted by Gasteiger charge is -2.23. The van der Waals surface area contributed by atoms with E-state index >= 15 is 0 Å². The summed E-state index contributed by atoms with van der Waals surface area (Å²) in [5.74, 6) is 0.0119. The van der Waals surface area contributed by atoms with Gasteiger partial charge in [-0.15, -0.1) is 24.8 Å². The van der Waals surface area contributed by atoms with Crippen molar-refractivity contribution in [3.05, 3.63) is 54.1 Å². The van der Waals surface area contributed by atoms with Gasteiger partial charge in [0.05, 0.1) is 6.33 Å². The first kappa shape index (κ1) is 19.5. The van der Waals surface area contributed by atoms with Crippen LogP contribution in [0.5, 0.6) is 0 Å². The van der Waals surface area contributed by atoms with Crippen molar-refractivity contribution in [1.29, 1.82) is 0 Å². The number of imidazole rings is 1. The Morgan fingerprint density at radius 3 is 2.70 bits per heavy atom. The Labute approximate surface area is 148 Å². The lowest BCUT2D eigenvalue weighted by atomic mass is 10.1. The molecule has 1 amide bonds. The Morgan fingerprint density at radius 2 is 2.09 bits per heavy atom. The van der Waals surface area contributed by atoms with Crippen molar-refractivity contribution in [2.75, 3.05) is 13.1 Å².